The predicted octanol–water partition coefficient (Wildman–Crippen LogP) is 13.0. The number of rotatable bonds is 5. The van der Waals surface area contributed by atoms with Crippen LogP contribution in [0.1, 0.15) is 27.8 Å². The maximum Gasteiger partial charge on any atom is 0.160 e. The van der Waals surface area contributed by atoms with Crippen LogP contribution in [0.3, 0.4) is 0 Å². The van der Waals surface area contributed by atoms with E-state index in [4.69, 9.17) is 14.7 Å². The van der Waals surface area contributed by atoms with Crippen LogP contribution in [0.5, 0.6) is 11.5 Å². The van der Waals surface area contributed by atoms with E-state index in [0.717, 1.165) is 73.0 Å². The second kappa shape index (κ2) is 13.1. The van der Waals surface area contributed by atoms with Gasteiger partial charge in [0.05, 0.1) is 16.8 Å². The molecule has 0 radical (unpaired) electrons. The van der Waals surface area contributed by atoms with E-state index in [-0.39, 0.29) is 0 Å². The van der Waals surface area contributed by atoms with Gasteiger partial charge in [-0.1, -0.05) is 140 Å². The van der Waals surface area contributed by atoms with Crippen molar-refractivity contribution in [2.75, 3.05) is 0 Å². The van der Waals surface area contributed by atoms with E-state index in [1.807, 2.05) is 24.5 Å². The van der Waals surface area contributed by atoms with E-state index in [1.165, 1.54) is 27.8 Å². The summed E-state index contributed by atoms with van der Waals surface area (Å²) >= 11 is 0. The predicted molar refractivity (Wildman–Crippen MR) is 229 cm³/mol. The van der Waals surface area contributed by atoms with E-state index in [0.29, 0.717) is 5.82 Å². The van der Waals surface area contributed by atoms with Crippen molar-refractivity contribution in [3.8, 4) is 78.8 Å². The van der Waals surface area contributed by atoms with E-state index >= 15 is 0 Å². The van der Waals surface area contributed by atoms with E-state index in [9.17, 15) is 0 Å². The van der Waals surface area contributed by atoms with Crippen molar-refractivity contribution in [2.45, 2.75) is 12.3 Å². The molecule has 0 saturated heterocycles. The molecular weight excluding hydrogens is 695 g/mol. The first-order chi connectivity index (χ1) is 28.1. The van der Waals surface area contributed by atoms with Gasteiger partial charge in [0.1, 0.15) is 11.5 Å². The Bertz CT molecular complexity index is 2950. The minimum atomic E-state index is -0.649. The quantitative estimate of drug-likeness (QED) is 0.177. The first-order valence-corrected chi connectivity index (χ1v) is 19.3. The summed E-state index contributed by atoms with van der Waals surface area (Å²) in [5.41, 5.74) is 16.9. The van der Waals surface area contributed by atoms with Crippen molar-refractivity contribution in [3.63, 3.8) is 0 Å². The molecule has 4 nitrogen and oxygen atoms in total. The zero-order valence-corrected chi connectivity index (χ0v) is 31.2. The Kier molecular flexibility index (Phi) is 7.58. The van der Waals surface area contributed by atoms with Crippen molar-refractivity contribution < 1.29 is 4.74 Å². The molecule has 11 rings (SSSR count). The molecule has 0 saturated carbocycles. The molecule has 0 bridgehead atoms. The van der Waals surface area contributed by atoms with Crippen LogP contribution in [-0.2, 0) is 5.41 Å². The summed E-state index contributed by atoms with van der Waals surface area (Å²) in [4.78, 5) is 15.0. The molecule has 57 heavy (non-hydrogen) atoms. The Morgan fingerprint density at radius 2 is 0.965 bits per heavy atom. The SMILES string of the molecule is Cc1cncc(-c2ccccc2-c2ccc3c(c2)-c2ccccc2C32c3ccccc3Oc3ccc(-c4nc(-c5ccccc5)cc(-c5ccccc5)n4)cc32)c1. The number of aromatic nitrogens is 3. The number of pyridine rings is 1. The highest BCUT2D eigenvalue weighted by molar-refractivity contribution is 5.93. The van der Waals surface area contributed by atoms with Crippen molar-refractivity contribution in [1.82, 2.24) is 15.0 Å². The normalized spacial score (nSPS) is 14.6. The Morgan fingerprint density at radius 1 is 0.386 bits per heavy atom. The molecule has 268 valence electrons. The number of hydrogen-bond acceptors (Lipinski definition) is 4. The minimum Gasteiger partial charge on any atom is -0.457 e. The van der Waals surface area contributed by atoms with Crippen molar-refractivity contribution in [2.24, 2.45) is 0 Å². The average molecular weight is 730 g/mol. The summed E-state index contributed by atoms with van der Waals surface area (Å²) < 4.78 is 6.79. The molecule has 0 amide bonds. The molecule has 0 fully saturated rings. The van der Waals surface area contributed by atoms with Crippen molar-refractivity contribution in [3.05, 3.63) is 222 Å². The Hall–Kier alpha value is -7.43. The molecular formula is C53H35N3O. The third kappa shape index (κ3) is 5.26. The highest BCUT2D eigenvalue weighted by atomic mass is 16.5. The number of fused-ring (bicyclic) bond motifs is 9. The van der Waals surface area contributed by atoms with Gasteiger partial charge in [-0.2, -0.15) is 0 Å². The summed E-state index contributed by atoms with van der Waals surface area (Å²) in [7, 11) is 0. The number of para-hydroxylation sites is 1. The standard InChI is InChI=1S/C53H35N3O/c1-34-28-39(33-54-32-34)41-19-9-8-18-40(41)37-24-26-45-43(29-37)42-20-10-11-21-44(42)53(45)46-22-12-13-23-50(46)57-51-27-25-38(30-47(51)53)52-55-48(35-14-4-2-5-15-35)31-49(56-52)36-16-6-3-7-17-36/h2-33H,1H3. The maximum atomic E-state index is 6.79. The van der Waals surface area contributed by atoms with Gasteiger partial charge in [-0.05, 0) is 93.9 Å². The van der Waals surface area contributed by atoms with Crippen LogP contribution in [0.4, 0.5) is 0 Å². The molecule has 3 heterocycles. The first kappa shape index (κ1) is 33.0. The average Bonchev–Trinajstić information content (AvgIpc) is 3.57. The molecule has 1 aliphatic carbocycles. The van der Waals surface area contributed by atoms with Gasteiger partial charge in [0.2, 0.25) is 0 Å². The second-order valence-corrected chi connectivity index (χ2v) is 14.9. The van der Waals surface area contributed by atoms with E-state index in [1.54, 1.807) is 0 Å². The molecule has 1 aliphatic heterocycles. The topological polar surface area (TPSA) is 47.9 Å². The van der Waals surface area contributed by atoms with E-state index in [2.05, 4.69) is 182 Å². The smallest absolute Gasteiger partial charge is 0.160 e. The molecule has 9 aromatic rings. The van der Waals surface area contributed by atoms with Gasteiger partial charge in [-0.25, -0.2) is 9.97 Å². The highest BCUT2D eigenvalue weighted by Gasteiger charge is 2.51. The zero-order chi connectivity index (χ0) is 37.9. The van der Waals surface area contributed by atoms with Gasteiger partial charge in [-0.15, -0.1) is 0 Å². The van der Waals surface area contributed by atoms with Crippen LogP contribution < -0.4 is 4.74 Å². The van der Waals surface area contributed by atoms with Gasteiger partial charge >= 0.3 is 0 Å². The monoisotopic (exact) mass is 729 g/mol. The Balaban J connectivity index is 1.14. The fraction of sp³-hybridized carbons (Fsp3) is 0.0377. The maximum absolute atomic E-state index is 6.79. The van der Waals surface area contributed by atoms with Gasteiger partial charge in [0, 0.05) is 45.8 Å². The van der Waals surface area contributed by atoms with Crippen molar-refractivity contribution in [1.29, 1.82) is 0 Å². The van der Waals surface area contributed by atoms with Crippen LogP contribution in [0, 0.1) is 6.92 Å². The zero-order valence-electron chi connectivity index (χ0n) is 31.2. The molecule has 1 unspecified atom stereocenters. The first-order valence-electron chi connectivity index (χ1n) is 19.3. The summed E-state index contributed by atoms with van der Waals surface area (Å²) in [6, 6.07) is 64.4. The second-order valence-electron chi connectivity index (χ2n) is 14.9. The number of benzene rings is 7. The van der Waals surface area contributed by atoms with Crippen molar-refractivity contribution >= 4 is 0 Å². The molecule has 1 spiro atoms. The van der Waals surface area contributed by atoms with Crippen LogP contribution in [0.15, 0.2) is 194 Å². The summed E-state index contributed by atoms with van der Waals surface area (Å²) in [5, 5.41) is 0. The summed E-state index contributed by atoms with van der Waals surface area (Å²) in [6.45, 7) is 2.09. The fourth-order valence-electron chi connectivity index (χ4n) is 8.99. The lowest BCUT2D eigenvalue weighted by atomic mass is 9.65. The number of nitrogens with zero attached hydrogens (tertiary/aromatic N) is 3. The summed E-state index contributed by atoms with van der Waals surface area (Å²) in [6.07, 6.45) is 3.86. The Morgan fingerprint density at radius 3 is 1.68 bits per heavy atom. The molecule has 7 aromatic carbocycles. The molecule has 2 aliphatic rings. The lowest BCUT2D eigenvalue weighted by Gasteiger charge is -2.39. The van der Waals surface area contributed by atoms with Gasteiger partial charge in [0.25, 0.3) is 0 Å². The largest absolute Gasteiger partial charge is 0.457 e. The van der Waals surface area contributed by atoms with E-state index < -0.39 is 5.41 Å². The van der Waals surface area contributed by atoms with Crippen LogP contribution >= 0.6 is 0 Å². The molecule has 1 atom stereocenters. The molecule has 2 aromatic heterocycles. The van der Waals surface area contributed by atoms with Gasteiger partial charge in [-0.3, -0.25) is 4.98 Å². The summed E-state index contributed by atoms with van der Waals surface area (Å²) in [5.74, 6) is 2.34. The molecule has 0 N–H and O–H groups in total. The molecule has 4 heteroatoms. The third-order valence-electron chi connectivity index (χ3n) is 11.5. The lowest BCUT2D eigenvalue weighted by Crippen LogP contribution is -2.32. The number of ether oxygens (including phenoxy) is 1. The van der Waals surface area contributed by atoms with Crippen LogP contribution in [0.2, 0.25) is 0 Å². The fourth-order valence-corrected chi connectivity index (χ4v) is 8.99. The van der Waals surface area contributed by atoms with Gasteiger partial charge in [0.15, 0.2) is 5.82 Å². The number of hydrogen-bond donors (Lipinski definition) is 0. The van der Waals surface area contributed by atoms with Crippen LogP contribution in [0.25, 0.3) is 67.3 Å². The minimum absolute atomic E-state index is 0.649. The van der Waals surface area contributed by atoms with Crippen LogP contribution in [-0.4, -0.2) is 15.0 Å². The highest BCUT2D eigenvalue weighted by Crippen LogP contribution is 2.62. The third-order valence-corrected chi connectivity index (χ3v) is 11.5. The number of aryl methyl sites for hydroxylation is 1. The Labute approximate surface area is 331 Å². The lowest BCUT2D eigenvalue weighted by molar-refractivity contribution is 0.436. The van der Waals surface area contributed by atoms with Gasteiger partial charge < -0.3 is 4.74 Å².